The number of carbonyl (C=O) groups is 2. The first kappa shape index (κ1) is 16.4. The summed E-state index contributed by atoms with van der Waals surface area (Å²) in [5, 5.41) is 10.1. The van der Waals surface area contributed by atoms with Crippen molar-refractivity contribution in [2.75, 3.05) is 6.54 Å². The second-order valence-corrected chi connectivity index (χ2v) is 7.81. The zero-order valence-corrected chi connectivity index (χ0v) is 15.1. The van der Waals surface area contributed by atoms with Crippen LogP contribution in [0.25, 0.3) is 10.2 Å². The molecule has 2 heterocycles. The Morgan fingerprint density at radius 3 is 2.96 bits per heavy atom. The Morgan fingerprint density at radius 1 is 1.48 bits per heavy atom. The number of nitrogens with zero attached hydrogens (tertiary/aromatic N) is 2. The molecule has 2 atom stereocenters. The highest BCUT2D eigenvalue weighted by Crippen LogP contribution is 2.28. The van der Waals surface area contributed by atoms with Crippen LogP contribution in [-0.4, -0.2) is 39.5 Å². The predicted molar refractivity (Wildman–Crippen MR) is 92.6 cm³/mol. The maximum atomic E-state index is 12.4. The van der Waals surface area contributed by atoms with Gasteiger partial charge in [0.1, 0.15) is 0 Å². The Hall–Kier alpha value is -1.47. The number of hydrogen-bond donors (Lipinski definition) is 1. The van der Waals surface area contributed by atoms with Crippen molar-refractivity contribution in [3.8, 4) is 0 Å². The largest absolute Gasteiger partial charge is 0.481 e. The first-order chi connectivity index (χ1) is 11.0. The van der Waals surface area contributed by atoms with Gasteiger partial charge in [0.05, 0.1) is 21.1 Å². The smallest absolute Gasteiger partial charge is 0.308 e. The Labute approximate surface area is 146 Å². The van der Waals surface area contributed by atoms with E-state index in [1.807, 2.05) is 25.1 Å². The number of aromatic nitrogens is 1. The summed E-state index contributed by atoms with van der Waals surface area (Å²) < 4.78 is 2.10. The van der Waals surface area contributed by atoms with Crippen LogP contribution < -0.4 is 0 Å². The van der Waals surface area contributed by atoms with Gasteiger partial charge in [0.2, 0.25) is 5.91 Å². The molecule has 2 aromatic rings. The molecule has 1 aliphatic heterocycles. The minimum Gasteiger partial charge on any atom is -0.481 e. The predicted octanol–water partition coefficient (Wildman–Crippen LogP) is 3.31. The second-order valence-electron chi connectivity index (χ2n) is 5.78. The molecule has 3 rings (SSSR count). The lowest BCUT2D eigenvalue weighted by Gasteiger charge is -2.23. The van der Waals surface area contributed by atoms with Crippen molar-refractivity contribution in [1.29, 1.82) is 0 Å². The fraction of sp³-hybridized carbons (Fsp3) is 0.438. The number of halogens is 1. The monoisotopic (exact) mass is 396 g/mol. The molecule has 0 aliphatic carbocycles. The number of aryl methyl sites for hydroxylation is 1. The highest BCUT2D eigenvalue weighted by molar-refractivity contribution is 9.10. The topological polar surface area (TPSA) is 70.5 Å². The van der Waals surface area contributed by atoms with Crippen LogP contribution in [0, 0.1) is 5.92 Å². The normalized spacial score (nSPS) is 21.0. The Morgan fingerprint density at radius 2 is 2.26 bits per heavy atom. The maximum absolute atomic E-state index is 12.4. The number of carboxylic acid groups (broad SMARTS) is 1. The molecule has 1 N–H and O–H groups in total. The standard InChI is InChI=1S/C16H17BrN2O3S/c1-9-11(16(21)22)6-7-19(9)15(20)5-4-14-18-12-8-10(17)2-3-13(12)23-14/h2-3,8-9,11H,4-7H2,1H3,(H,21,22). The van der Waals surface area contributed by atoms with Gasteiger partial charge in [-0.25, -0.2) is 4.98 Å². The Kier molecular flexibility index (Phi) is 4.68. The van der Waals surface area contributed by atoms with Crippen LogP contribution in [0.15, 0.2) is 22.7 Å². The minimum atomic E-state index is -0.815. The number of aliphatic carboxylic acids is 1. The molecule has 1 aliphatic rings. The van der Waals surface area contributed by atoms with E-state index in [0.717, 1.165) is 19.7 Å². The number of likely N-dealkylation sites (tertiary alicyclic amines) is 1. The lowest BCUT2D eigenvalue weighted by atomic mass is 10.0. The third-order valence-corrected chi connectivity index (χ3v) is 5.93. The van der Waals surface area contributed by atoms with Gasteiger partial charge < -0.3 is 10.0 Å². The molecule has 7 heteroatoms. The fourth-order valence-electron chi connectivity index (χ4n) is 3.03. The Bertz CT molecular complexity index is 761. The highest BCUT2D eigenvalue weighted by Gasteiger charge is 2.37. The van der Waals surface area contributed by atoms with E-state index >= 15 is 0 Å². The van der Waals surface area contributed by atoms with E-state index in [-0.39, 0.29) is 11.9 Å². The lowest BCUT2D eigenvalue weighted by molar-refractivity contribution is -0.143. The van der Waals surface area contributed by atoms with Crippen molar-refractivity contribution in [3.63, 3.8) is 0 Å². The molecular formula is C16H17BrN2O3S. The molecule has 1 amide bonds. The number of carbonyl (C=O) groups excluding carboxylic acids is 1. The van der Waals surface area contributed by atoms with Crippen molar-refractivity contribution < 1.29 is 14.7 Å². The fourth-order valence-corrected chi connectivity index (χ4v) is 4.33. The molecule has 1 saturated heterocycles. The average Bonchev–Trinajstić information content (AvgIpc) is 3.07. The van der Waals surface area contributed by atoms with Crippen LogP contribution in [-0.2, 0) is 16.0 Å². The first-order valence-corrected chi connectivity index (χ1v) is 9.14. The summed E-state index contributed by atoms with van der Waals surface area (Å²) >= 11 is 5.03. The highest BCUT2D eigenvalue weighted by atomic mass is 79.9. The molecule has 0 bridgehead atoms. The van der Waals surface area contributed by atoms with E-state index in [9.17, 15) is 9.59 Å². The number of hydrogen-bond acceptors (Lipinski definition) is 4. The number of carboxylic acids is 1. The molecular weight excluding hydrogens is 380 g/mol. The van der Waals surface area contributed by atoms with Gasteiger partial charge in [-0.3, -0.25) is 9.59 Å². The van der Waals surface area contributed by atoms with Crippen LogP contribution in [0.4, 0.5) is 0 Å². The Balaban J connectivity index is 1.63. The third-order valence-electron chi connectivity index (χ3n) is 4.34. The summed E-state index contributed by atoms with van der Waals surface area (Å²) in [7, 11) is 0. The number of rotatable bonds is 4. The van der Waals surface area contributed by atoms with Crippen LogP contribution in [0.1, 0.15) is 24.8 Å². The van der Waals surface area contributed by atoms with Crippen LogP contribution in [0.5, 0.6) is 0 Å². The van der Waals surface area contributed by atoms with Crippen LogP contribution >= 0.6 is 27.3 Å². The van der Waals surface area contributed by atoms with E-state index in [0.29, 0.717) is 25.8 Å². The van der Waals surface area contributed by atoms with Gasteiger partial charge in [0, 0.05) is 29.9 Å². The second kappa shape index (κ2) is 6.57. The minimum absolute atomic E-state index is 0.0155. The zero-order chi connectivity index (χ0) is 16.6. The van der Waals surface area contributed by atoms with E-state index in [1.165, 1.54) is 0 Å². The molecule has 0 spiro atoms. The first-order valence-electron chi connectivity index (χ1n) is 7.53. The maximum Gasteiger partial charge on any atom is 0.308 e. The van der Waals surface area contributed by atoms with Crippen molar-refractivity contribution >= 4 is 49.4 Å². The van der Waals surface area contributed by atoms with Gasteiger partial charge in [-0.2, -0.15) is 0 Å². The molecule has 2 unspecified atom stereocenters. The summed E-state index contributed by atoms with van der Waals surface area (Å²) in [5.41, 5.74) is 0.937. The van der Waals surface area contributed by atoms with Gasteiger partial charge >= 0.3 is 5.97 Å². The summed E-state index contributed by atoms with van der Waals surface area (Å²) in [5.74, 6) is -1.25. The number of fused-ring (bicyclic) bond motifs is 1. The summed E-state index contributed by atoms with van der Waals surface area (Å²) in [4.78, 5) is 29.8. The van der Waals surface area contributed by atoms with Gasteiger partial charge in [-0.1, -0.05) is 15.9 Å². The van der Waals surface area contributed by atoms with Crippen molar-refractivity contribution in [2.24, 2.45) is 5.92 Å². The molecule has 5 nitrogen and oxygen atoms in total. The molecule has 1 aromatic heterocycles. The molecule has 0 saturated carbocycles. The average molecular weight is 397 g/mol. The van der Waals surface area contributed by atoms with Gasteiger partial charge in [-0.15, -0.1) is 11.3 Å². The number of amides is 1. The van der Waals surface area contributed by atoms with E-state index in [2.05, 4.69) is 20.9 Å². The molecule has 122 valence electrons. The van der Waals surface area contributed by atoms with Gasteiger partial charge in [0.25, 0.3) is 0 Å². The van der Waals surface area contributed by atoms with E-state index < -0.39 is 11.9 Å². The van der Waals surface area contributed by atoms with Crippen LogP contribution in [0.2, 0.25) is 0 Å². The molecule has 1 aromatic carbocycles. The third kappa shape index (κ3) is 3.40. The quantitative estimate of drug-likeness (QED) is 0.860. The SMILES string of the molecule is CC1C(C(=O)O)CCN1C(=O)CCc1nc2cc(Br)ccc2s1. The number of benzene rings is 1. The van der Waals surface area contributed by atoms with E-state index in [1.54, 1.807) is 16.2 Å². The van der Waals surface area contributed by atoms with Crippen molar-refractivity contribution in [3.05, 3.63) is 27.7 Å². The number of thiazole rings is 1. The molecule has 23 heavy (non-hydrogen) atoms. The summed E-state index contributed by atoms with van der Waals surface area (Å²) in [6.07, 6.45) is 1.51. The van der Waals surface area contributed by atoms with Crippen molar-refractivity contribution in [2.45, 2.75) is 32.2 Å². The zero-order valence-electron chi connectivity index (χ0n) is 12.7. The summed E-state index contributed by atoms with van der Waals surface area (Å²) in [6, 6.07) is 5.73. The summed E-state index contributed by atoms with van der Waals surface area (Å²) in [6.45, 7) is 2.35. The molecule has 1 fully saturated rings. The van der Waals surface area contributed by atoms with Crippen molar-refractivity contribution in [1.82, 2.24) is 9.88 Å². The van der Waals surface area contributed by atoms with Gasteiger partial charge in [-0.05, 0) is 31.5 Å². The van der Waals surface area contributed by atoms with E-state index in [4.69, 9.17) is 5.11 Å². The van der Waals surface area contributed by atoms with Crippen LogP contribution in [0.3, 0.4) is 0 Å². The molecule has 0 radical (unpaired) electrons. The van der Waals surface area contributed by atoms with Gasteiger partial charge in [0.15, 0.2) is 0 Å². The lowest BCUT2D eigenvalue weighted by Crippen LogP contribution is -2.37.